The zero-order valence-electron chi connectivity index (χ0n) is 15.5. The maximum atomic E-state index is 12.9. The average molecular weight is 349 g/mol. The molecule has 0 saturated carbocycles. The summed E-state index contributed by atoms with van der Waals surface area (Å²) < 4.78 is 13.5. The Morgan fingerprint density at radius 1 is 1.36 bits per heavy atom. The van der Waals surface area contributed by atoms with Crippen LogP contribution in [0, 0.1) is 6.92 Å². The number of nitrogens with zero attached hydrogens (tertiary/aromatic N) is 3. The third kappa shape index (κ3) is 5.05. The molecule has 140 valence electrons. The first-order valence-electron chi connectivity index (χ1n) is 9.66. The number of aromatic nitrogens is 2. The molecule has 1 aromatic heterocycles. The number of likely N-dealkylation sites (tertiary alicyclic amines) is 1. The molecular weight excluding hydrogens is 318 g/mol. The van der Waals surface area contributed by atoms with Gasteiger partial charge in [-0.3, -0.25) is 9.48 Å². The summed E-state index contributed by atoms with van der Waals surface area (Å²) in [5.41, 5.74) is 1.15. The van der Waals surface area contributed by atoms with Crippen LogP contribution in [0.3, 0.4) is 0 Å². The van der Waals surface area contributed by atoms with Crippen molar-refractivity contribution in [2.24, 2.45) is 0 Å². The molecule has 1 amide bonds. The Morgan fingerprint density at radius 3 is 2.92 bits per heavy atom. The minimum Gasteiger partial charge on any atom is -0.376 e. The van der Waals surface area contributed by atoms with Crippen molar-refractivity contribution in [1.82, 2.24) is 14.7 Å². The number of ether oxygens (including phenoxy) is 2. The summed E-state index contributed by atoms with van der Waals surface area (Å²) >= 11 is 0. The summed E-state index contributed by atoms with van der Waals surface area (Å²) in [5, 5.41) is 4.38. The molecule has 6 nitrogen and oxygen atoms in total. The number of aryl methyl sites for hydroxylation is 1. The predicted molar refractivity (Wildman–Crippen MR) is 95.3 cm³/mol. The van der Waals surface area contributed by atoms with E-state index in [9.17, 15) is 4.79 Å². The molecule has 3 rings (SSSR count). The first kappa shape index (κ1) is 18.4. The third-order valence-corrected chi connectivity index (χ3v) is 5.22. The van der Waals surface area contributed by atoms with Crippen molar-refractivity contribution in [2.75, 3.05) is 19.8 Å². The van der Waals surface area contributed by atoms with Crippen LogP contribution in [0.25, 0.3) is 0 Å². The lowest BCUT2D eigenvalue weighted by Gasteiger charge is -2.37. The largest absolute Gasteiger partial charge is 0.376 e. The fraction of sp³-hybridized carbons (Fsp3) is 0.789. The van der Waals surface area contributed by atoms with Crippen LogP contribution in [-0.4, -0.2) is 58.6 Å². The van der Waals surface area contributed by atoms with E-state index < -0.39 is 6.10 Å². The average Bonchev–Trinajstić information content (AvgIpc) is 3.05. The Hall–Kier alpha value is -1.40. The van der Waals surface area contributed by atoms with Crippen molar-refractivity contribution in [3.63, 3.8) is 0 Å². The predicted octanol–water partition coefficient (Wildman–Crippen LogP) is 2.55. The lowest BCUT2D eigenvalue weighted by Crippen LogP contribution is -2.50. The minimum absolute atomic E-state index is 0.101. The second-order valence-corrected chi connectivity index (χ2v) is 7.39. The number of amides is 1. The SMILES string of the molecule is Cc1cnn(C[C@@H]2CCCCN2C(=O)[C@@H](C)OC[C@@H]2CCCCO2)c1. The highest BCUT2D eigenvalue weighted by Gasteiger charge is 2.31. The highest BCUT2D eigenvalue weighted by molar-refractivity contribution is 5.81. The molecule has 6 heteroatoms. The lowest BCUT2D eigenvalue weighted by atomic mass is 10.0. The summed E-state index contributed by atoms with van der Waals surface area (Å²) in [4.78, 5) is 14.9. The third-order valence-electron chi connectivity index (χ3n) is 5.22. The van der Waals surface area contributed by atoms with E-state index in [1.165, 1.54) is 12.8 Å². The normalized spacial score (nSPS) is 25.8. The van der Waals surface area contributed by atoms with E-state index in [4.69, 9.17) is 9.47 Å². The highest BCUT2D eigenvalue weighted by Crippen LogP contribution is 2.21. The quantitative estimate of drug-likeness (QED) is 0.792. The van der Waals surface area contributed by atoms with Crippen LogP contribution in [0.2, 0.25) is 0 Å². The van der Waals surface area contributed by atoms with Gasteiger partial charge in [0.05, 0.1) is 31.5 Å². The van der Waals surface area contributed by atoms with Gasteiger partial charge in [0.1, 0.15) is 6.10 Å². The van der Waals surface area contributed by atoms with Gasteiger partial charge in [0, 0.05) is 19.3 Å². The van der Waals surface area contributed by atoms with E-state index >= 15 is 0 Å². The summed E-state index contributed by atoms with van der Waals surface area (Å²) in [6.07, 6.45) is 10.3. The van der Waals surface area contributed by atoms with E-state index in [1.54, 1.807) is 0 Å². The molecule has 0 radical (unpaired) electrons. The van der Waals surface area contributed by atoms with Gasteiger partial charge >= 0.3 is 0 Å². The highest BCUT2D eigenvalue weighted by atomic mass is 16.5. The molecule has 2 fully saturated rings. The van der Waals surface area contributed by atoms with E-state index in [0.717, 1.165) is 50.9 Å². The lowest BCUT2D eigenvalue weighted by molar-refractivity contribution is -0.150. The molecule has 0 unspecified atom stereocenters. The Kier molecular flexibility index (Phi) is 6.48. The van der Waals surface area contributed by atoms with E-state index in [0.29, 0.717) is 6.61 Å². The molecule has 25 heavy (non-hydrogen) atoms. The minimum atomic E-state index is -0.412. The molecule has 0 aromatic carbocycles. The van der Waals surface area contributed by atoms with Crippen molar-refractivity contribution < 1.29 is 14.3 Å². The van der Waals surface area contributed by atoms with Gasteiger partial charge in [0.2, 0.25) is 0 Å². The molecule has 3 heterocycles. The first-order chi connectivity index (χ1) is 12.1. The van der Waals surface area contributed by atoms with Crippen LogP contribution in [0.15, 0.2) is 12.4 Å². The smallest absolute Gasteiger partial charge is 0.251 e. The number of carbonyl (C=O) groups excluding carboxylic acids is 1. The summed E-state index contributed by atoms with van der Waals surface area (Å²) in [6.45, 7) is 6.82. The Morgan fingerprint density at radius 2 is 2.20 bits per heavy atom. The fourth-order valence-corrected chi connectivity index (χ4v) is 3.76. The maximum Gasteiger partial charge on any atom is 0.251 e. The van der Waals surface area contributed by atoms with Gasteiger partial charge in [-0.05, 0) is 57.9 Å². The molecule has 2 aliphatic heterocycles. The number of rotatable bonds is 6. The topological polar surface area (TPSA) is 56.6 Å². The Balaban J connectivity index is 1.53. The van der Waals surface area contributed by atoms with Crippen molar-refractivity contribution >= 4 is 5.91 Å². The van der Waals surface area contributed by atoms with Gasteiger partial charge < -0.3 is 14.4 Å². The molecule has 3 atom stereocenters. The fourth-order valence-electron chi connectivity index (χ4n) is 3.76. The molecular formula is C19H31N3O3. The van der Waals surface area contributed by atoms with E-state index in [1.807, 2.05) is 35.8 Å². The maximum absolute atomic E-state index is 12.9. The standard InChI is InChI=1S/C19H31N3O3/c1-15-11-20-21(12-15)13-17-7-3-5-9-22(17)19(23)16(2)25-14-18-8-4-6-10-24-18/h11-12,16-18H,3-10,13-14H2,1-2H3/t16-,17+,18+/m1/s1. The number of carbonyl (C=O) groups is 1. The Bertz CT molecular complexity index is 554. The number of piperidine rings is 1. The van der Waals surface area contributed by atoms with Crippen LogP contribution < -0.4 is 0 Å². The summed E-state index contributed by atoms with van der Waals surface area (Å²) in [5.74, 6) is 0.101. The van der Waals surface area contributed by atoms with Gasteiger partial charge in [-0.2, -0.15) is 5.10 Å². The summed E-state index contributed by atoms with van der Waals surface area (Å²) in [7, 11) is 0. The van der Waals surface area contributed by atoms with Crippen LogP contribution in [0.1, 0.15) is 51.0 Å². The van der Waals surface area contributed by atoms with Crippen molar-refractivity contribution in [3.8, 4) is 0 Å². The van der Waals surface area contributed by atoms with Crippen molar-refractivity contribution in [3.05, 3.63) is 18.0 Å². The van der Waals surface area contributed by atoms with Crippen LogP contribution in [-0.2, 0) is 20.8 Å². The molecule has 0 spiro atoms. The van der Waals surface area contributed by atoms with Crippen LogP contribution >= 0.6 is 0 Å². The zero-order chi connectivity index (χ0) is 17.6. The van der Waals surface area contributed by atoms with Gasteiger partial charge in [-0.15, -0.1) is 0 Å². The van der Waals surface area contributed by atoms with E-state index in [-0.39, 0.29) is 18.1 Å². The van der Waals surface area contributed by atoms with Crippen LogP contribution in [0.4, 0.5) is 0 Å². The van der Waals surface area contributed by atoms with Gasteiger partial charge in [0.15, 0.2) is 0 Å². The molecule has 2 saturated heterocycles. The second-order valence-electron chi connectivity index (χ2n) is 7.39. The number of hydrogen-bond donors (Lipinski definition) is 0. The molecule has 2 aliphatic rings. The first-order valence-corrected chi connectivity index (χ1v) is 9.66. The molecule has 1 aromatic rings. The van der Waals surface area contributed by atoms with Gasteiger partial charge in [-0.25, -0.2) is 0 Å². The monoisotopic (exact) mass is 349 g/mol. The van der Waals surface area contributed by atoms with Crippen molar-refractivity contribution in [1.29, 1.82) is 0 Å². The van der Waals surface area contributed by atoms with Gasteiger partial charge in [-0.1, -0.05) is 0 Å². The Labute approximate surface area is 150 Å². The number of hydrogen-bond acceptors (Lipinski definition) is 4. The van der Waals surface area contributed by atoms with Crippen molar-refractivity contribution in [2.45, 2.75) is 77.2 Å². The molecule has 0 bridgehead atoms. The molecule has 0 N–H and O–H groups in total. The van der Waals surface area contributed by atoms with Gasteiger partial charge in [0.25, 0.3) is 5.91 Å². The molecule has 0 aliphatic carbocycles. The van der Waals surface area contributed by atoms with Crippen LogP contribution in [0.5, 0.6) is 0 Å². The zero-order valence-corrected chi connectivity index (χ0v) is 15.5. The second kappa shape index (κ2) is 8.81. The summed E-state index contributed by atoms with van der Waals surface area (Å²) in [6, 6.07) is 0.206. The van der Waals surface area contributed by atoms with E-state index in [2.05, 4.69) is 5.10 Å².